The molecule has 0 amide bonds. The Kier molecular flexibility index (Phi) is 21.9. The molecule has 2 radical (unpaired) electrons. The van der Waals surface area contributed by atoms with Gasteiger partial charge in [0.25, 0.3) is 0 Å². The Morgan fingerprint density at radius 2 is 0.931 bits per heavy atom. The highest BCUT2D eigenvalue weighted by Crippen LogP contribution is 2.22. The van der Waals surface area contributed by atoms with Crippen LogP contribution in [0.1, 0.15) is 143 Å². The molecule has 0 heterocycles. The third-order valence-electron chi connectivity index (χ3n) is 6.36. The van der Waals surface area contributed by atoms with Crippen LogP contribution >= 0.6 is 0 Å². The van der Waals surface area contributed by atoms with Crippen molar-refractivity contribution in [3.63, 3.8) is 0 Å². The van der Waals surface area contributed by atoms with Crippen molar-refractivity contribution in [1.29, 1.82) is 0 Å². The molecule has 0 rings (SSSR count). The Bertz CT molecular complexity index is 371. The Morgan fingerprint density at radius 1 is 0.483 bits per heavy atom. The van der Waals surface area contributed by atoms with Crippen LogP contribution in [-0.4, -0.2) is 0 Å². The quantitative estimate of drug-likeness (QED) is 0.140. The van der Waals surface area contributed by atoms with Crippen molar-refractivity contribution in [2.75, 3.05) is 0 Å². The summed E-state index contributed by atoms with van der Waals surface area (Å²) >= 11 is 0. The van der Waals surface area contributed by atoms with E-state index in [9.17, 15) is 0 Å². The van der Waals surface area contributed by atoms with E-state index in [1.807, 2.05) is 0 Å². The van der Waals surface area contributed by atoms with Crippen molar-refractivity contribution < 1.29 is 0 Å². The maximum Gasteiger partial charge on any atom is 0.0114 e. The third kappa shape index (κ3) is 22.1. The maximum absolute atomic E-state index is 3.92. The molecule has 0 N–H and O–H groups in total. The van der Waals surface area contributed by atoms with E-state index >= 15 is 0 Å². The molecule has 0 aliphatic rings. The smallest absolute Gasteiger partial charge is 0.0114 e. The maximum atomic E-state index is 3.92. The van der Waals surface area contributed by atoms with Crippen LogP contribution in [0, 0.1) is 43.4 Å². The Balaban J connectivity index is 3.45. The molecular weight excluding hydrogens is 348 g/mol. The zero-order chi connectivity index (χ0) is 21.6. The van der Waals surface area contributed by atoms with Gasteiger partial charge >= 0.3 is 0 Å². The summed E-state index contributed by atoms with van der Waals surface area (Å²) in [5.74, 6) is 9.13. The second kappa shape index (κ2) is 22.2. The molecule has 0 aliphatic heterocycles. The standard InChI is InChI=1S/C29H54/c1-6-8-10-12-13-14-15-17-22-27(3)23-18-19-24-29(5)26-20-25-28(4)21-16-11-9-7-2/h27-29H,1-2,6-10,12-15,17-26H2,3-5H3. The Labute approximate surface area is 186 Å². The summed E-state index contributed by atoms with van der Waals surface area (Å²) in [4.78, 5) is 0. The molecule has 3 atom stereocenters. The average molecular weight is 403 g/mol. The van der Waals surface area contributed by atoms with Crippen LogP contribution in [0.15, 0.2) is 0 Å². The fraction of sp³-hybridized carbons (Fsp3) is 0.862. The van der Waals surface area contributed by atoms with Crippen molar-refractivity contribution in [3.8, 4) is 11.8 Å². The van der Waals surface area contributed by atoms with Gasteiger partial charge in [0, 0.05) is 12.8 Å². The first-order valence-electron chi connectivity index (χ1n) is 13.1. The normalized spacial score (nSPS) is 14.2. The number of hydrogen-bond acceptors (Lipinski definition) is 0. The lowest BCUT2D eigenvalue weighted by molar-refractivity contribution is 0.391. The van der Waals surface area contributed by atoms with Crippen molar-refractivity contribution in [3.05, 3.63) is 13.8 Å². The van der Waals surface area contributed by atoms with Gasteiger partial charge in [-0.1, -0.05) is 131 Å². The zero-order valence-corrected chi connectivity index (χ0v) is 20.6. The third-order valence-corrected chi connectivity index (χ3v) is 6.36. The lowest BCUT2D eigenvalue weighted by Gasteiger charge is -2.14. The molecule has 0 nitrogen and oxygen atoms in total. The van der Waals surface area contributed by atoms with E-state index in [-0.39, 0.29) is 0 Å². The summed E-state index contributed by atoms with van der Waals surface area (Å²) in [5.41, 5.74) is 0. The van der Waals surface area contributed by atoms with Crippen LogP contribution < -0.4 is 0 Å². The van der Waals surface area contributed by atoms with Gasteiger partial charge in [-0.2, -0.15) is 0 Å². The number of rotatable bonds is 20. The van der Waals surface area contributed by atoms with E-state index in [0.717, 1.165) is 43.4 Å². The van der Waals surface area contributed by atoms with Crippen LogP contribution in [-0.2, 0) is 0 Å². The Morgan fingerprint density at radius 3 is 1.48 bits per heavy atom. The summed E-state index contributed by atoms with van der Waals surface area (Å²) in [5, 5.41) is 0. The van der Waals surface area contributed by atoms with Gasteiger partial charge < -0.3 is 0 Å². The van der Waals surface area contributed by atoms with Gasteiger partial charge in [-0.05, 0) is 30.6 Å². The van der Waals surface area contributed by atoms with Crippen molar-refractivity contribution in [2.45, 2.75) is 143 Å². The first-order valence-corrected chi connectivity index (χ1v) is 13.1. The average Bonchev–Trinajstić information content (AvgIpc) is 2.70. The molecule has 0 aromatic rings. The molecule has 0 fully saturated rings. The van der Waals surface area contributed by atoms with Crippen LogP contribution in [0.5, 0.6) is 0 Å². The minimum Gasteiger partial charge on any atom is -0.103 e. The minimum absolute atomic E-state index is 0.758. The van der Waals surface area contributed by atoms with Crippen molar-refractivity contribution in [1.82, 2.24) is 0 Å². The molecule has 3 unspecified atom stereocenters. The first kappa shape index (κ1) is 28.6. The van der Waals surface area contributed by atoms with Gasteiger partial charge in [-0.25, -0.2) is 0 Å². The summed E-state index contributed by atoms with van der Waals surface area (Å²) < 4.78 is 0. The molecule has 0 saturated carbocycles. The summed E-state index contributed by atoms with van der Waals surface area (Å²) in [6, 6.07) is 0. The number of unbranched alkanes of at least 4 members (excludes halogenated alkanes) is 9. The summed E-state index contributed by atoms with van der Waals surface area (Å²) in [7, 11) is 0. The SMILES string of the molecule is [CH2]CCC#CCC(C)CCCC(C)CCCCC(C)CCCCCCCCC[CH2]. The van der Waals surface area contributed by atoms with Crippen LogP contribution in [0.25, 0.3) is 0 Å². The molecule has 0 aromatic carbocycles. The van der Waals surface area contributed by atoms with Gasteiger partial charge in [-0.3, -0.25) is 0 Å². The number of hydrogen-bond donors (Lipinski definition) is 0. The molecule has 0 saturated heterocycles. The second-order valence-electron chi connectivity index (χ2n) is 9.81. The van der Waals surface area contributed by atoms with Gasteiger partial charge in [0.05, 0.1) is 0 Å². The fourth-order valence-electron chi connectivity index (χ4n) is 4.17. The van der Waals surface area contributed by atoms with E-state index < -0.39 is 0 Å². The lowest BCUT2D eigenvalue weighted by atomic mass is 9.92. The van der Waals surface area contributed by atoms with E-state index in [2.05, 4.69) is 46.5 Å². The molecule has 0 heteroatoms. The van der Waals surface area contributed by atoms with E-state index in [1.54, 1.807) is 0 Å². The Hall–Kier alpha value is -0.440. The monoisotopic (exact) mass is 402 g/mol. The molecular formula is C29H54. The zero-order valence-electron chi connectivity index (χ0n) is 20.6. The van der Waals surface area contributed by atoms with Crippen LogP contribution in [0.4, 0.5) is 0 Å². The largest absolute Gasteiger partial charge is 0.103 e. The van der Waals surface area contributed by atoms with Gasteiger partial charge in [0.2, 0.25) is 0 Å². The summed E-state index contributed by atoms with van der Waals surface area (Å²) in [6.07, 6.45) is 25.3. The molecule has 170 valence electrons. The minimum atomic E-state index is 0.758. The highest BCUT2D eigenvalue weighted by atomic mass is 14.1. The molecule has 0 spiro atoms. The van der Waals surface area contributed by atoms with Crippen molar-refractivity contribution >= 4 is 0 Å². The topological polar surface area (TPSA) is 0 Å². The second-order valence-corrected chi connectivity index (χ2v) is 9.81. The van der Waals surface area contributed by atoms with Crippen LogP contribution in [0.3, 0.4) is 0 Å². The van der Waals surface area contributed by atoms with Crippen molar-refractivity contribution in [2.24, 2.45) is 17.8 Å². The predicted molar refractivity (Wildman–Crippen MR) is 134 cm³/mol. The van der Waals surface area contributed by atoms with E-state index in [4.69, 9.17) is 0 Å². The molecule has 0 aromatic heterocycles. The highest BCUT2D eigenvalue weighted by Gasteiger charge is 2.06. The first-order chi connectivity index (χ1) is 14.1. The summed E-state index contributed by atoms with van der Waals surface area (Å²) in [6.45, 7) is 15.0. The van der Waals surface area contributed by atoms with Gasteiger partial charge in [0.1, 0.15) is 0 Å². The van der Waals surface area contributed by atoms with Gasteiger partial charge in [0.15, 0.2) is 0 Å². The highest BCUT2D eigenvalue weighted by molar-refractivity contribution is 4.99. The van der Waals surface area contributed by atoms with E-state index in [0.29, 0.717) is 0 Å². The molecule has 29 heavy (non-hydrogen) atoms. The van der Waals surface area contributed by atoms with Crippen LogP contribution in [0.2, 0.25) is 0 Å². The van der Waals surface area contributed by atoms with Gasteiger partial charge in [-0.15, -0.1) is 11.8 Å². The molecule has 0 aliphatic carbocycles. The molecule has 0 bridgehead atoms. The fourth-order valence-corrected chi connectivity index (χ4v) is 4.17. The lowest BCUT2D eigenvalue weighted by Crippen LogP contribution is -2.00. The van der Waals surface area contributed by atoms with E-state index in [1.165, 1.54) is 96.3 Å². The predicted octanol–water partition coefficient (Wildman–Crippen LogP) is 9.98.